The molecular weight excluding hydrogens is 361 g/mol. The fraction of sp³-hybridized carbons (Fsp3) is 0.474. The van der Waals surface area contributed by atoms with Gasteiger partial charge in [0.25, 0.3) is 5.91 Å². The second-order valence-electron chi connectivity index (χ2n) is 7.21. The highest BCUT2D eigenvalue weighted by atomic mass is 19.4. The molecule has 0 bridgehead atoms. The van der Waals surface area contributed by atoms with Crippen LogP contribution in [0.4, 0.5) is 18.9 Å². The van der Waals surface area contributed by atoms with Gasteiger partial charge in [0.1, 0.15) is 11.4 Å². The van der Waals surface area contributed by atoms with E-state index in [2.05, 4.69) is 4.98 Å². The van der Waals surface area contributed by atoms with Gasteiger partial charge in [-0.25, -0.2) is 4.98 Å². The van der Waals surface area contributed by atoms with Gasteiger partial charge in [0.2, 0.25) is 5.76 Å². The SMILES string of the molecule is CCCc1nc(C)c(C(=O)N2CC(C)(C)Oc3ccc(C(F)(F)F)cc32)o1. The van der Waals surface area contributed by atoms with E-state index in [-0.39, 0.29) is 23.7 Å². The Labute approximate surface area is 155 Å². The van der Waals surface area contributed by atoms with Gasteiger partial charge in [0.15, 0.2) is 5.89 Å². The third-order valence-electron chi connectivity index (χ3n) is 4.25. The minimum absolute atomic E-state index is 0.0412. The van der Waals surface area contributed by atoms with E-state index >= 15 is 0 Å². The Kier molecular flexibility index (Phi) is 4.69. The van der Waals surface area contributed by atoms with Crippen LogP contribution in [-0.4, -0.2) is 23.0 Å². The highest BCUT2D eigenvalue weighted by Crippen LogP contribution is 2.42. The Morgan fingerprint density at radius 3 is 2.67 bits per heavy atom. The molecular formula is C19H21F3N2O3. The Morgan fingerprint density at radius 2 is 2.04 bits per heavy atom. The average molecular weight is 382 g/mol. The molecule has 1 amide bonds. The number of carbonyl (C=O) groups excluding carboxylic acids is 1. The number of anilines is 1. The molecule has 0 aliphatic carbocycles. The summed E-state index contributed by atoms with van der Waals surface area (Å²) in [7, 11) is 0. The number of benzene rings is 1. The maximum Gasteiger partial charge on any atom is 0.416 e. The van der Waals surface area contributed by atoms with Crippen LogP contribution < -0.4 is 9.64 Å². The number of amides is 1. The largest absolute Gasteiger partial charge is 0.484 e. The first-order valence-electron chi connectivity index (χ1n) is 8.70. The summed E-state index contributed by atoms with van der Waals surface area (Å²) < 4.78 is 50.8. The van der Waals surface area contributed by atoms with Crippen LogP contribution in [0.2, 0.25) is 0 Å². The van der Waals surface area contributed by atoms with Gasteiger partial charge in [-0.2, -0.15) is 13.2 Å². The minimum Gasteiger partial charge on any atom is -0.484 e. The van der Waals surface area contributed by atoms with Gasteiger partial charge in [0.05, 0.1) is 23.5 Å². The number of aryl methyl sites for hydroxylation is 2. The van der Waals surface area contributed by atoms with Crippen molar-refractivity contribution in [3.8, 4) is 5.75 Å². The standard InChI is InChI=1S/C19H21F3N2O3/c1-5-6-15-23-11(2)16(26-15)17(25)24-10-18(3,4)27-14-8-7-12(9-13(14)24)19(20,21)22/h7-9H,5-6,10H2,1-4H3. The second-order valence-corrected chi connectivity index (χ2v) is 7.21. The van der Waals surface area contributed by atoms with Crippen LogP contribution in [-0.2, 0) is 12.6 Å². The molecule has 1 aliphatic rings. The zero-order chi connectivity index (χ0) is 20.0. The van der Waals surface area contributed by atoms with E-state index in [9.17, 15) is 18.0 Å². The Balaban J connectivity index is 2.06. The topological polar surface area (TPSA) is 55.6 Å². The average Bonchev–Trinajstić information content (AvgIpc) is 2.92. The summed E-state index contributed by atoms with van der Waals surface area (Å²) in [6.45, 7) is 7.23. The second kappa shape index (κ2) is 6.58. The van der Waals surface area contributed by atoms with Gasteiger partial charge in [-0.05, 0) is 45.4 Å². The minimum atomic E-state index is -4.52. The number of hydrogen-bond donors (Lipinski definition) is 0. The van der Waals surface area contributed by atoms with E-state index in [1.165, 1.54) is 11.0 Å². The number of hydrogen-bond acceptors (Lipinski definition) is 4. The van der Waals surface area contributed by atoms with E-state index in [0.29, 0.717) is 18.0 Å². The maximum absolute atomic E-state index is 13.1. The molecule has 0 spiro atoms. The molecule has 1 aromatic heterocycles. The highest BCUT2D eigenvalue weighted by molar-refractivity contribution is 6.06. The third-order valence-corrected chi connectivity index (χ3v) is 4.25. The molecule has 27 heavy (non-hydrogen) atoms. The molecule has 0 saturated carbocycles. The molecule has 0 N–H and O–H groups in total. The monoisotopic (exact) mass is 382 g/mol. The summed E-state index contributed by atoms with van der Waals surface area (Å²) in [6.07, 6.45) is -3.14. The summed E-state index contributed by atoms with van der Waals surface area (Å²) in [5.74, 6) is 0.174. The summed E-state index contributed by atoms with van der Waals surface area (Å²) in [4.78, 5) is 18.6. The summed E-state index contributed by atoms with van der Waals surface area (Å²) >= 11 is 0. The number of alkyl halides is 3. The quantitative estimate of drug-likeness (QED) is 0.767. The van der Waals surface area contributed by atoms with Crippen molar-refractivity contribution in [1.82, 2.24) is 4.98 Å². The number of fused-ring (bicyclic) bond motifs is 1. The van der Waals surface area contributed by atoms with Crippen molar-refractivity contribution < 1.29 is 27.1 Å². The summed E-state index contributed by atoms with van der Waals surface area (Å²) in [5, 5.41) is 0. The van der Waals surface area contributed by atoms with E-state index in [0.717, 1.165) is 18.6 Å². The van der Waals surface area contributed by atoms with Gasteiger partial charge in [-0.1, -0.05) is 6.92 Å². The fourth-order valence-corrected chi connectivity index (χ4v) is 3.06. The number of aromatic nitrogens is 1. The predicted octanol–water partition coefficient (Wildman–Crippen LogP) is 4.77. The molecule has 0 fully saturated rings. The van der Waals surface area contributed by atoms with Crippen molar-refractivity contribution in [2.45, 2.75) is 52.3 Å². The number of halogens is 3. The first-order chi connectivity index (χ1) is 12.5. The van der Waals surface area contributed by atoms with Crippen molar-refractivity contribution in [2.75, 3.05) is 11.4 Å². The van der Waals surface area contributed by atoms with Crippen LogP contribution in [0.1, 0.15) is 54.9 Å². The van der Waals surface area contributed by atoms with Crippen LogP contribution in [0.25, 0.3) is 0 Å². The molecule has 5 nitrogen and oxygen atoms in total. The lowest BCUT2D eigenvalue weighted by molar-refractivity contribution is -0.137. The Bertz CT molecular complexity index is 872. The van der Waals surface area contributed by atoms with Gasteiger partial charge in [-0.3, -0.25) is 9.69 Å². The van der Waals surface area contributed by atoms with Crippen molar-refractivity contribution in [3.05, 3.63) is 41.1 Å². The number of oxazole rings is 1. The van der Waals surface area contributed by atoms with Crippen LogP contribution in [0.5, 0.6) is 5.75 Å². The van der Waals surface area contributed by atoms with Crippen LogP contribution in [0.3, 0.4) is 0 Å². The van der Waals surface area contributed by atoms with Gasteiger partial charge < -0.3 is 9.15 Å². The molecule has 1 aromatic carbocycles. The fourth-order valence-electron chi connectivity index (χ4n) is 3.06. The van der Waals surface area contributed by atoms with Crippen molar-refractivity contribution in [1.29, 1.82) is 0 Å². The summed E-state index contributed by atoms with van der Waals surface area (Å²) in [5.41, 5.74) is -1.12. The first kappa shape index (κ1) is 19.3. The van der Waals surface area contributed by atoms with E-state index in [1.54, 1.807) is 20.8 Å². The molecule has 3 rings (SSSR count). The molecule has 2 aromatic rings. The molecule has 146 valence electrons. The Hall–Kier alpha value is -2.51. The van der Waals surface area contributed by atoms with Crippen LogP contribution in [0.15, 0.2) is 22.6 Å². The van der Waals surface area contributed by atoms with Crippen molar-refractivity contribution in [2.24, 2.45) is 0 Å². The van der Waals surface area contributed by atoms with E-state index in [1.807, 2.05) is 6.92 Å². The molecule has 1 aliphatic heterocycles. The maximum atomic E-state index is 13.1. The normalized spacial score (nSPS) is 16.0. The van der Waals surface area contributed by atoms with Gasteiger partial charge in [0, 0.05) is 6.42 Å². The lowest BCUT2D eigenvalue weighted by atomic mass is 10.0. The number of carbonyl (C=O) groups is 1. The molecule has 0 saturated heterocycles. The molecule has 2 heterocycles. The lowest BCUT2D eigenvalue weighted by Gasteiger charge is -2.39. The van der Waals surface area contributed by atoms with Crippen molar-refractivity contribution >= 4 is 11.6 Å². The molecule has 8 heteroatoms. The zero-order valence-corrected chi connectivity index (χ0v) is 15.6. The Morgan fingerprint density at radius 1 is 1.33 bits per heavy atom. The van der Waals surface area contributed by atoms with Gasteiger partial charge in [-0.15, -0.1) is 0 Å². The summed E-state index contributed by atoms with van der Waals surface area (Å²) in [6, 6.07) is 3.12. The lowest BCUT2D eigenvalue weighted by Crippen LogP contribution is -2.49. The van der Waals surface area contributed by atoms with Crippen LogP contribution >= 0.6 is 0 Å². The van der Waals surface area contributed by atoms with Crippen LogP contribution in [0, 0.1) is 6.92 Å². The third kappa shape index (κ3) is 3.79. The smallest absolute Gasteiger partial charge is 0.416 e. The first-order valence-corrected chi connectivity index (χ1v) is 8.70. The molecule has 0 unspecified atom stereocenters. The number of rotatable bonds is 3. The predicted molar refractivity (Wildman–Crippen MR) is 93.1 cm³/mol. The van der Waals surface area contributed by atoms with Crippen molar-refractivity contribution in [3.63, 3.8) is 0 Å². The van der Waals surface area contributed by atoms with Gasteiger partial charge >= 0.3 is 6.18 Å². The molecule has 0 atom stereocenters. The highest BCUT2D eigenvalue weighted by Gasteiger charge is 2.39. The molecule has 0 radical (unpaired) electrons. The number of nitrogens with zero attached hydrogens (tertiary/aromatic N) is 2. The zero-order valence-electron chi connectivity index (χ0n) is 15.6. The van der Waals surface area contributed by atoms with E-state index < -0.39 is 23.2 Å². The number of ether oxygens (including phenoxy) is 1. The van der Waals surface area contributed by atoms with E-state index in [4.69, 9.17) is 9.15 Å².